The fourth-order valence-corrected chi connectivity index (χ4v) is 2.84. The van der Waals surface area contributed by atoms with Gasteiger partial charge in [-0.1, -0.05) is 42.5 Å². The van der Waals surface area contributed by atoms with Crippen LogP contribution < -0.4 is 5.32 Å². The molecule has 6 nitrogen and oxygen atoms in total. The van der Waals surface area contributed by atoms with Crippen molar-refractivity contribution in [1.29, 1.82) is 0 Å². The van der Waals surface area contributed by atoms with Crippen molar-refractivity contribution in [3.05, 3.63) is 96.1 Å². The van der Waals surface area contributed by atoms with Crippen molar-refractivity contribution in [3.8, 4) is 11.4 Å². The van der Waals surface area contributed by atoms with E-state index in [1.165, 1.54) is 12.1 Å². The highest BCUT2D eigenvalue weighted by atomic mass is 19.1. The van der Waals surface area contributed by atoms with E-state index in [-0.39, 0.29) is 18.1 Å². The highest BCUT2D eigenvalue weighted by Crippen LogP contribution is 2.18. The van der Waals surface area contributed by atoms with Gasteiger partial charge in [0.05, 0.1) is 0 Å². The van der Waals surface area contributed by atoms with E-state index in [4.69, 9.17) is 0 Å². The van der Waals surface area contributed by atoms with Crippen molar-refractivity contribution in [2.45, 2.75) is 13.1 Å². The molecular weight excluding hydrogens is 369 g/mol. The molecule has 144 valence electrons. The maximum atomic E-state index is 13.1. The monoisotopic (exact) mass is 387 g/mol. The van der Waals surface area contributed by atoms with Crippen LogP contribution in [-0.4, -0.2) is 25.5 Å². The van der Waals surface area contributed by atoms with Crippen LogP contribution >= 0.6 is 0 Å². The standard InChI is InChI=1S/C22H18FN5O/c23-19-10-8-16(9-11-19)13-25-22-26-21(18-7-4-12-24-14-18)27-28(22)15-20(29)17-5-2-1-3-6-17/h1-12,14H,13,15H2,(H,25,26,27). The summed E-state index contributed by atoms with van der Waals surface area (Å²) in [4.78, 5) is 21.3. The summed E-state index contributed by atoms with van der Waals surface area (Å²) in [7, 11) is 0. The average molecular weight is 387 g/mol. The summed E-state index contributed by atoms with van der Waals surface area (Å²) >= 11 is 0. The molecule has 0 aliphatic heterocycles. The van der Waals surface area contributed by atoms with Crippen molar-refractivity contribution >= 4 is 11.7 Å². The van der Waals surface area contributed by atoms with Crippen molar-refractivity contribution in [2.75, 3.05) is 5.32 Å². The minimum Gasteiger partial charge on any atom is -0.350 e. The molecule has 0 saturated carbocycles. The van der Waals surface area contributed by atoms with Gasteiger partial charge in [-0.2, -0.15) is 4.98 Å². The smallest absolute Gasteiger partial charge is 0.222 e. The number of halogens is 1. The highest BCUT2D eigenvalue weighted by molar-refractivity contribution is 5.95. The number of benzene rings is 2. The predicted octanol–water partition coefficient (Wildman–Crippen LogP) is 3.97. The molecule has 4 aromatic rings. The van der Waals surface area contributed by atoms with Crippen molar-refractivity contribution < 1.29 is 9.18 Å². The number of ketones is 1. The number of anilines is 1. The molecule has 0 bridgehead atoms. The number of Topliss-reactive ketones (excluding diaryl/α,β-unsaturated/α-hetero) is 1. The third-order valence-electron chi connectivity index (χ3n) is 4.34. The van der Waals surface area contributed by atoms with Gasteiger partial charge in [0.25, 0.3) is 0 Å². The quantitative estimate of drug-likeness (QED) is 0.486. The van der Waals surface area contributed by atoms with Crippen LogP contribution in [0, 0.1) is 5.82 Å². The van der Waals surface area contributed by atoms with Crippen molar-refractivity contribution in [3.63, 3.8) is 0 Å². The van der Waals surface area contributed by atoms with E-state index >= 15 is 0 Å². The normalized spacial score (nSPS) is 10.7. The Balaban J connectivity index is 1.60. The zero-order chi connectivity index (χ0) is 20.1. The fourth-order valence-electron chi connectivity index (χ4n) is 2.84. The second-order valence-electron chi connectivity index (χ2n) is 6.43. The SMILES string of the molecule is O=C(Cn1nc(-c2cccnc2)nc1NCc1ccc(F)cc1)c1ccccc1. The molecule has 0 aliphatic rings. The fraction of sp³-hybridized carbons (Fsp3) is 0.0909. The number of aromatic nitrogens is 4. The summed E-state index contributed by atoms with van der Waals surface area (Å²) in [6, 6.07) is 18.9. The van der Waals surface area contributed by atoms with Crippen LogP contribution in [0.4, 0.5) is 10.3 Å². The molecule has 1 N–H and O–H groups in total. The lowest BCUT2D eigenvalue weighted by Crippen LogP contribution is -2.15. The number of hydrogen-bond donors (Lipinski definition) is 1. The van der Waals surface area contributed by atoms with E-state index in [2.05, 4.69) is 20.4 Å². The number of pyridine rings is 1. The molecule has 0 atom stereocenters. The van der Waals surface area contributed by atoms with E-state index in [0.29, 0.717) is 23.9 Å². The van der Waals surface area contributed by atoms with Gasteiger partial charge in [0, 0.05) is 30.1 Å². The Morgan fingerprint density at radius 1 is 1.00 bits per heavy atom. The molecule has 0 saturated heterocycles. The van der Waals surface area contributed by atoms with E-state index in [1.54, 1.807) is 47.4 Å². The lowest BCUT2D eigenvalue weighted by molar-refractivity contribution is 0.0968. The first-order valence-corrected chi connectivity index (χ1v) is 9.11. The Morgan fingerprint density at radius 2 is 1.79 bits per heavy atom. The first kappa shape index (κ1) is 18.5. The first-order valence-electron chi connectivity index (χ1n) is 9.11. The van der Waals surface area contributed by atoms with Crippen LogP contribution in [0.5, 0.6) is 0 Å². The summed E-state index contributed by atoms with van der Waals surface area (Å²) in [5, 5.41) is 7.68. The van der Waals surface area contributed by atoms with Crippen molar-refractivity contribution in [1.82, 2.24) is 19.7 Å². The molecule has 7 heteroatoms. The van der Waals surface area contributed by atoms with Crippen LogP contribution in [0.15, 0.2) is 79.1 Å². The lowest BCUT2D eigenvalue weighted by atomic mass is 10.1. The molecule has 2 heterocycles. The Kier molecular flexibility index (Phi) is 5.38. The zero-order valence-electron chi connectivity index (χ0n) is 15.5. The topological polar surface area (TPSA) is 72.7 Å². The molecule has 4 rings (SSSR count). The van der Waals surface area contributed by atoms with Gasteiger partial charge in [-0.25, -0.2) is 9.07 Å². The Morgan fingerprint density at radius 3 is 2.52 bits per heavy atom. The number of nitrogens with zero attached hydrogens (tertiary/aromatic N) is 4. The van der Waals surface area contributed by atoms with Gasteiger partial charge in [-0.15, -0.1) is 5.10 Å². The molecule has 2 aromatic carbocycles. The summed E-state index contributed by atoms with van der Waals surface area (Å²) in [5.41, 5.74) is 2.25. The molecule has 29 heavy (non-hydrogen) atoms. The molecule has 2 aromatic heterocycles. The second-order valence-corrected chi connectivity index (χ2v) is 6.43. The lowest BCUT2D eigenvalue weighted by Gasteiger charge is -2.08. The van der Waals surface area contributed by atoms with Gasteiger partial charge in [0.2, 0.25) is 5.95 Å². The summed E-state index contributed by atoms with van der Waals surface area (Å²) in [6.45, 7) is 0.466. The minimum atomic E-state index is -0.288. The molecule has 0 radical (unpaired) electrons. The predicted molar refractivity (Wildman–Crippen MR) is 108 cm³/mol. The maximum Gasteiger partial charge on any atom is 0.222 e. The van der Waals surface area contributed by atoms with E-state index in [0.717, 1.165) is 11.1 Å². The van der Waals surface area contributed by atoms with Gasteiger partial charge in [0.15, 0.2) is 11.6 Å². The van der Waals surface area contributed by atoms with Crippen LogP contribution in [0.25, 0.3) is 11.4 Å². The first-order chi connectivity index (χ1) is 14.2. The van der Waals surface area contributed by atoms with Crippen LogP contribution in [0.3, 0.4) is 0 Å². The highest BCUT2D eigenvalue weighted by Gasteiger charge is 2.15. The van der Waals surface area contributed by atoms with Gasteiger partial charge >= 0.3 is 0 Å². The molecule has 0 unspecified atom stereocenters. The second kappa shape index (κ2) is 8.43. The number of nitrogens with one attached hydrogen (secondary N) is 1. The van der Waals surface area contributed by atoms with E-state index < -0.39 is 0 Å². The summed E-state index contributed by atoms with van der Waals surface area (Å²) < 4.78 is 14.7. The number of rotatable bonds is 7. The third kappa shape index (κ3) is 4.52. The van der Waals surface area contributed by atoms with Crippen LogP contribution in [0.1, 0.15) is 15.9 Å². The average Bonchev–Trinajstić information content (AvgIpc) is 3.17. The van der Waals surface area contributed by atoms with Crippen molar-refractivity contribution in [2.24, 2.45) is 0 Å². The van der Waals surface area contributed by atoms with Gasteiger partial charge in [-0.05, 0) is 29.8 Å². The van der Waals surface area contributed by atoms with E-state index in [9.17, 15) is 9.18 Å². The molecule has 0 amide bonds. The van der Waals surface area contributed by atoms with Crippen LogP contribution in [-0.2, 0) is 13.1 Å². The Hall–Kier alpha value is -3.87. The number of carbonyl (C=O) groups excluding carboxylic acids is 1. The van der Waals surface area contributed by atoms with Crippen LogP contribution in [0.2, 0.25) is 0 Å². The molecule has 0 fully saturated rings. The number of hydrogen-bond acceptors (Lipinski definition) is 5. The minimum absolute atomic E-state index is 0.0447. The van der Waals surface area contributed by atoms with Gasteiger partial charge in [-0.3, -0.25) is 9.78 Å². The largest absolute Gasteiger partial charge is 0.350 e. The summed E-state index contributed by atoms with van der Waals surface area (Å²) in [5.74, 6) is 0.570. The Bertz CT molecular complexity index is 1100. The van der Waals surface area contributed by atoms with E-state index in [1.807, 2.05) is 24.3 Å². The molecule has 0 spiro atoms. The third-order valence-corrected chi connectivity index (χ3v) is 4.34. The number of carbonyl (C=O) groups is 1. The van der Waals surface area contributed by atoms with Gasteiger partial charge < -0.3 is 5.32 Å². The summed E-state index contributed by atoms with van der Waals surface area (Å²) in [6.07, 6.45) is 3.34. The molecular formula is C22H18FN5O. The molecule has 0 aliphatic carbocycles. The zero-order valence-corrected chi connectivity index (χ0v) is 15.5. The van der Waals surface area contributed by atoms with Gasteiger partial charge in [0.1, 0.15) is 12.4 Å². The Labute approximate surface area is 167 Å². The maximum absolute atomic E-state index is 13.1.